The molecule has 0 radical (unpaired) electrons. The number of aromatic nitrogens is 1. The number of nitrogens with zero attached hydrogens (tertiary/aromatic N) is 2. The van der Waals surface area contributed by atoms with E-state index in [4.69, 9.17) is 0 Å². The number of hydrogen-bond donors (Lipinski definition) is 1. The van der Waals surface area contributed by atoms with Crippen molar-refractivity contribution in [2.75, 3.05) is 18.0 Å². The summed E-state index contributed by atoms with van der Waals surface area (Å²) in [5.74, 6) is 0. The number of rotatable bonds is 9. The van der Waals surface area contributed by atoms with Crippen molar-refractivity contribution in [3.63, 3.8) is 0 Å². The second-order valence-corrected chi connectivity index (χ2v) is 5.90. The molecule has 0 spiro atoms. The molecule has 0 amide bonds. The first-order valence-corrected chi connectivity index (χ1v) is 8.22. The summed E-state index contributed by atoms with van der Waals surface area (Å²) in [5.41, 5.74) is 2.45. The molecule has 3 nitrogen and oxygen atoms in total. The molecule has 1 aliphatic carbocycles. The van der Waals surface area contributed by atoms with Crippen molar-refractivity contribution in [1.29, 1.82) is 0 Å². The standard InChI is InChI=1S/C17H29N3/c1-4-6-12-20(15-7-8-15)16-9-10-17(19-13-16)14(3)18-11-5-2/h9-10,13-15,18H,4-8,11-12H2,1-3H3. The van der Waals surface area contributed by atoms with Crippen molar-refractivity contribution in [2.45, 2.75) is 65.0 Å². The normalized spacial score (nSPS) is 16.1. The zero-order valence-electron chi connectivity index (χ0n) is 13.2. The predicted octanol–water partition coefficient (Wildman–Crippen LogP) is 3.91. The molecule has 1 fully saturated rings. The number of hydrogen-bond acceptors (Lipinski definition) is 3. The van der Waals surface area contributed by atoms with Gasteiger partial charge in [0, 0.05) is 18.6 Å². The van der Waals surface area contributed by atoms with E-state index in [2.05, 4.69) is 54.3 Å². The zero-order chi connectivity index (χ0) is 14.4. The molecule has 1 aromatic heterocycles. The van der Waals surface area contributed by atoms with Gasteiger partial charge in [-0.3, -0.25) is 4.98 Å². The summed E-state index contributed by atoms with van der Waals surface area (Å²) < 4.78 is 0. The van der Waals surface area contributed by atoms with E-state index >= 15 is 0 Å². The van der Waals surface area contributed by atoms with E-state index in [9.17, 15) is 0 Å². The predicted molar refractivity (Wildman–Crippen MR) is 86.2 cm³/mol. The highest BCUT2D eigenvalue weighted by molar-refractivity contribution is 5.47. The third-order valence-electron chi connectivity index (χ3n) is 3.99. The van der Waals surface area contributed by atoms with E-state index in [-0.39, 0.29) is 0 Å². The molecule has 0 aliphatic heterocycles. The van der Waals surface area contributed by atoms with Crippen molar-refractivity contribution >= 4 is 5.69 Å². The van der Waals surface area contributed by atoms with Crippen LogP contribution in [0, 0.1) is 0 Å². The molecule has 0 aromatic carbocycles. The summed E-state index contributed by atoms with van der Waals surface area (Å²) in [5, 5.41) is 3.49. The first kappa shape index (κ1) is 15.3. The molecule has 1 aliphatic rings. The first-order chi connectivity index (χ1) is 9.76. The van der Waals surface area contributed by atoms with Crippen LogP contribution in [0.4, 0.5) is 5.69 Å². The number of anilines is 1. The summed E-state index contributed by atoms with van der Waals surface area (Å²) in [6, 6.07) is 5.54. The molecular formula is C17H29N3. The lowest BCUT2D eigenvalue weighted by Crippen LogP contribution is -2.27. The Balaban J connectivity index is 1.98. The van der Waals surface area contributed by atoms with Crippen molar-refractivity contribution < 1.29 is 0 Å². The Kier molecular flexibility index (Phi) is 5.84. The van der Waals surface area contributed by atoms with Gasteiger partial charge in [-0.25, -0.2) is 0 Å². The van der Waals surface area contributed by atoms with Gasteiger partial charge in [-0.1, -0.05) is 20.3 Å². The molecule has 1 aromatic rings. The highest BCUT2D eigenvalue weighted by atomic mass is 15.2. The first-order valence-electron chi connectivity index (χ1n) is 8.22. The number of nitrogens with one attached hydrogen (secondary N) is 1. The van der Waals surface area contributed by atoms with Crippen LogP contribution in [0.15, 0.2) is 18.3 Å². The fourth-order valence-electron chi connectivity index (χ4n) is 2.53. The molecule has 2 rings (SSSR count). The van der Waals surface area contributed by atoms with Gasteiger partial charge in [0.05, 0.1) is 17.6 Å². The van der Waals surface area contributed by atoms with Crippen LogP contribution in [-0.4, -0.2) is 24.1 Å². The van der Waals surface area contributed by atoms with Gasteiger partial charge in [0.2, 0.25) is 0 Å². The molecule has 1 heterocycles. The average molecular weight is 275 g/mol. The summed E-state index contributed by atoms with van der Waals surface area (Å²) in [4.78, 5) is 7.21. The third kappa shape index (κ3) is 4.20. The van der Waals surface area contributed by atoms with Gasteiger partial charge >= 0.3 is 0 Å². The van der Waals surface area contributed by atoms with Crippen LogP contribution in [0.3, 0.4) is 0 Å². The van der Waals surface area contributed by atoms with Gasteiger partial charge in [-0.05, 0) is 51.3 Å². The lowest BCUT2D eigenvalue weighted by molar-refractivity contribution is 0.558. The van der Waals surface area contributed by atoms with Gasteiger partial charge in [0.15, 0.2) is 0 Å². The topological polar surface area (TPSA) is 28.2 Å². The molecule has 3 heteroatoms. The van der Waals surface area contributed by atoms with Crippen LogP contribution in [0.2, 0.25) is 0 Å². The largest absolute Gasteiger partial charge is 0.367 e. The molecule has 1 unspecified atom stereocenters. The van der Waals surface area contributed by atoms with E-state index in [1.54, 1.807) is 0 Å². The fourth-order valence-corrected chi connectivity index (χ4v) is 2.53. The smallest absolute Gasteiger partial charge is 0.0572 e. The van der Waals surface area contributed by atoms with E-state index in [1.165, 1.54) is 37.9 Å². The van der Waals surface area contributed by atoms with E-state index in [1.807, 2.05) is 0 Å². The summed E-state index contributed by atoms with van der Waals surface area (Å²) in [6.45, 7) is 8.86. The summed E-state index contributed by atoms with van der Waals surface area (Å²) >= 11 is 0. The van der Waals surface area contributed by atoms with E-state index < -0.39 is 0 Å². The second kappa shape index (κ2) is 7.63. The number of pyridine rings is 1. The van der Waals surface area contributed by atoms with Gasteiger partial charge in [-0.15, -0.1) is 0 Å². The molecule has 0 bridgehead atoms. The highest BCUT2D eigenvalue weighted by Gasteiger charge is 2.28. The maximum absolute atomic E-state index is 4.67. The monoisotopic (exact) mass is 275 g/mol. The second-order valence-electron chi connectivity index (χ2n) is 5.90. The summed E-state index contributed by atoms with van der Waals surface area (Å²) in [6.07, 6.45) is 8.45. The SMILES string of the molecule is CCCCN(c1ccc(C(C)NCCC)nc1)C1CC1. The minimum Gasteiger partial charge on any atom is -0.367 e. The van der Waals surface area contributed by atoms with Gasteiger partial charge in [-0.2, -0.15) is 0 Å². The summed E-state index contributed by atoms with van der Waals surface area (Å²) in [7, 11) is 0. The highest BCUT2D eigenvalue weighted by Crippen LogP contribution is 2.31. The minimum atomic E-state index is 0.342. The zero-order valence-corrected chi connectivity index (χ0v) is 13.2. The molecular weight excluding hydrogens is 246 g/mol. The Morgan fingerprint density at radius 1 is 1.30 bits per heavy atom. The molecule has 1 atom stereocenters. The molecule has 112 valence electrons. The van der Waals surface area contributed by atoms with Crippen LogP contribution in [0.1, 0.15) is 64.6 Å². The molecule has 0 saturated heterocycles. The van der Waals surface area contributed by atoms with Crippen LogP contribution < -0.4 is 10.2 Å². The maximum atomic E-state index is 4.67. The minimum absolute atomic E-state index is 0.342. The fraction of sp³-hybridized carbons (Fsp3) is 0.706. The Bertz CT molecular complexity index is 384. The van der Waals surface area contributed by atoms with Crippen LogP contribution >= 0.6 is 0 Å². The van der Waals surface area contributed by atoms with Crippen molar-refractivity contribution in [3.8, 4) is 0 Å². The Morgan fingerprint density at radius 2 is 2.10 bits per heavy atom. The Hall–Kier alpha value is -1.09. The van der Waals surface area contributed by atoms with E-state index in [0.29, 0.717) is 6.04 Å². The lowest BCUT2D eigenvalue weighted by Gasteiger charge is -2.24. The van der Waals surface area contributed by atoms with Gasteiger partial charge in [0.25, 0.3) is 0 Å². The Labute approximate surface area is 123 Å². The van der Waals surface area contributed by atoms with Crippen molar-refractivity contribution in [2.24, 2.45) is 0 Å². The van der Waals surface area contributed by atoms with Crippen LogP contribution in [0.5, 0.6) is 0 Å². The average Bonchev–Trinajstić information content (AvgIpc) is 3.30. The third-order valence-corrected chi connectivity index (χ3v) is 3.99. The van der Waals surface area contributed by atoms with Crippen molar-refractivity contribution in [1.82, 2.24) is 10.3 Å². The Morgan fingerprint density at radius 3 is 2.65 bits per heavy atom. The molecule has 20 heavy (non-hydrogen) atoms. The van der Waals surface area contributed by atoms with Crippen LogP contribution in [0.25, 0.3) is 0 Å². The maximum Gasteiger partial charge on any atom is 0.0572 e. The molecule has 1 N–H and O–H groups in total. The molecule has 1 saturated carbocycles. The quantitative estimate of drug-likeness (QED) is 0.740. The van der Waals surface area contributed by atoms with E-state index in [0.717, 1.165) is 24.7 Å². The lowest BCUT2D eigenvalue weighted by atomic mass is 10.2. The van der Waals surface area contributed by atoms with Crippen molar-refractivity contribution in [3.05, 3.63) is 24.0 Å². The number of unbranched alkanes of at least 4 members (excludes halogenated alkanes) is 1. The van der Waals surface area contributed by atoms with Gasteiger partial charge < -0.3 is 10.2 Å². The van der Waals surface area contributed by atoms with Crippen LogP contribution in [-0.2, 0) is 0 Å². The van der Waals surface area contributed by atoms with Gasteiger partial charge in [0.1, 0.15) is 0 Å².